The van der Waals surface area contributed by atoms with E-state index >= 15 is 0 Å². The van der Waals surface area contributed by atoms with Gasteiger partial charge in [-0.05, 0) is 18.6 Å². The van der Waals surface area contributed by atoms with E-state index in [1.54, 1.807) is 19.1 Å². The average molecular weight is 290 g/mol. The summed E-state index contributed by atoms with van der Waals surface area (Å²) in [7, 11) is 0. The van der Waals surface area contributed by atoms with E-state index in [4.69, 9.17) is 9.52 Å². The number of carbonyl (C=O) groups is 1. The fourth-order valence-electron chi connectivity index (χ4n) is 1.88. The van der Waals surface area contributed by atoms with E-state index in [9.17, 15) is 14.9 Å². The Balaban J connectivity index is 1.92. The normalized spacial score (nSPS) is 10.5. The van der Waals surface area contributed by atoms with Gasteiger partial charge in [0.05, 0.1) is 4.92 Å². The molecule has 21 heavy (non-hydrogen) atoms. The third-order valence-electron chi connectivity index (χ3n) is 3.02. The molecule has 0 aliphatic rings. The lowest BCUT2D eigenvalue weighted by Gasteiger charge is -2.03. The van der Waals surface area contributed by atoms with E-state index < -0.39 is 10.9 Å². The predicted octanol–water partition coefficient (Wildman–Crippen LogP) is 2.48. The fourth-order valence-corrected chi connectivity index (χ4v) is 1.88. The number of nitro benzene ring substituents is 1. The lowest BCUT2D eigenvalue weighted by molar-refractivity contribution is -0.384. The number of nitro groups is 1. The summed E-state index contributed by atoms with van der Waals surface area (Å²) in [5.41, 5.74) is 1.73. The summed E-state index contributed by atoms with van der Waals surface area (Å²) < 4.78 is 5.11. The Labute approximate surface area is 120 Å². The third-order valence-corrected chi connectivity index (χ3v) is 3.02. The van der Waals surface area contributed by atoms with Crippen LogP contribution >= 0.6 is 0 Å². The van der Waals surface area contributed by atoms with E-state index in [2.05, 4.69) is 5.32 Å². The van der Waals surface area contributed by atoms with Crippen LogP contribution in [0.1, 0.15) is 27.4 Å². The largest absolute Gasteiger partial charge is 0.475 e. The van der Waals surface area contributed by atoms with Crippen molar-refractivity contribution in [2.45, 2.75) is 20.0 Å². The minimum Gasteiger partial charge on any atom is -0.475 e. The third kappa shape index (κ3) is 3.67. The van der Waals surface area contributed by atoms with Crippen LogP contribution in [-0.2, 0) is 13.1 Å². The molecule has 2 aromatic rings. The highest BCUT2D eigenvalue weighted by molar-refractivity contribution is 5.84. The molecule has 0 aliphatic carbocycles. The fraction of sp³-hybridized carbons (Fsp3) is 0.214. The molecule has 1 aromatic heterocycles. The number of carboxylic acid groups (broad SMARTS) is 1. The maximum absolute atomic E-state index is 10.8. The smallest absolute Gasteiger partial charge is 0.371 e. The standard InChI is InChI=1S/C14H14N2O5/c1-9-11(6-13(21-9)14(17)18)8-15-7-10-2-4-12(5-3-10)16(19)20/h2-6,15H,7-8H2,1H3,(H,17,18). The first-order valence-electron chi connectivity index (χ1n) is 6.24. The molecule has 1 aromatic carbocycles. The first-order valence-corrected chi connectivity index (χ1v) is 6.24. The summed E-state index contributed by atoms with van der Waals surface area (Å²) >= 11 is 0. The molecule has 0 radical (unpaired) electrons. The van der Waals surface area contributed by atoms with E-state index in [1.807, 2.05) is 0 Å². The lowest BCUT2D eigenvalue weighted by atomic mass is 10.2. The molecule has 0 spiro atoms. The number of carboxylic acids is 1. The maximum Gasteiger partial charge on any atom is 0.371 e. The van der Waals surface area contributed by atoms with Gasteiger partial charge in [-0.25, -0.2) is 4.79 Å². The molecule has 110 valence electrons. The Bertz CT molecular complexity index is 661. The summed E-state index contributed by atoms with van der Waals surface area (Å²) in [6, 6.07) is 7.73. The number of non-ortho nitro benzene ring substituents is 1. The quantitative estimate of drug-likeness (QED) is 0.625. The molecular formula is C14H14N2O5. The van der Waals surface area contributed by atoms with E-state index in [1.165, 1.54) is 18.2 Å². The van der Waals surface area contributed by atoms with Crippen LogP contribution < -0.4 is 5.32 Å². The van der Waals surface area contributed by atoms with Gasteiger partial charge in [0, 0.05) is 30.8 Å². The molecule has 0 aliphatic heterocycles. The maximum atomic E-state index is 10.8. The van der Waals surface area contributed by atoms with Crippen LogP contribution in [0.15, 0.2) is 34.7 Å². The first kappa shape index (κ1) is 14.7. The molecule has 0 unspecified atom stereocenters. The average Bonchev–Trinajstić information content (AvgIpc) is 2.81. The molecule has 0 bridgehead atoms. The molecule has 1 heterocycles. The number of furan rings is 1. The second kappa shape index (κ2) is 6.19. The first-order chi connectivity index (χ1) is 9.97. The topological polar surface area (TPSA) is 106 Å². The SMILES string of the molecule is Cc1oc(C(=O)O)cc1CNCc1ccc([N+](=O)[O-])cc1. The van der Waals surface area contributed by atoms with Gasteiger partial charge in [-0.2, -0.15) is 0 Å². The molecule has 0 fully saturated rings. The van der Waals surface area contributed by atoms with Gasteiger partial charge in [0.25, 0.3) is 5.69 Å². The van der Waals surface area contributed by atoms with Crippen LogP contribution in [0, 0.1) is 17.0 Å². The minimum atomic E-state index is -1.10. The Kier molecular flexibility index (Phi) is 4.34. The van der Waals surface area contributed by atoms with Crippen molar-refractivity contribution in [1.29, 1.82) is 0 Å². The second-order valence-electron chi connectivity index (χ2n) is 4.52. The van der Waals surface area contributed by atoms with Gasteiger partial charge in [-0.1, -0.05) is 12.1 Å². The molecule has 2 N–H and O–H groups in total. The van der Waals surface area contributed by atoms with Crippen LogP contribution in [0.3, 0.4) is 0 Å². The number of aromatic carboxylic acids is 1. The molecule has 7 nitrogen and oxygen atoms in total. The minimum absolute atomic E-state index is 0.0514. The number of aryl methyl sites for hydroxylation is 1. The molecule has 0 amide bonds. The van der Waals surface area contributed by atoms with Gasteiger partial charge in [0.15, 0.2) is 0 Å². The van der Waals surface area contributed by atoms with E-state index in [0.29, 0.717) is 18.8 Å². The zero-order valence-corrected chi connectivity index (χ0v) is 11.3. The van der Waals surface area contributed by atoms with Gasteiger partial charge in [0.2, 0.25) is 5.76 Å². The van der Waals surface area contributed by atoms with E-state index in [-0.39, 0.29) is 11.4 Å². The number of hydrogen-bond acceptors (Lipinski definition) is 5. The number of hydrogen-bond donors (Lipinski definition) is 2. The lowest BCUT2D eigenvalue weighted by Crippen LogP contribution is -2.12. The molecule has 0 saturated heterocycles. The Hall–Kier alpha value is -2.67. The van der Waals surface area contributed by atoms with Crippen LogP contribution in [0.4, 0.5) is 5.69 Å². The van der Waals surface area contributed by atoms with E-state index in [0.717, 1.165) is 11.1 Å². The Morgan fingerprint density at radius 1 is 1.33 bits per heavy atom. The van der Waals surface area contributed by atoms with Crippen molar-refractivity contribution in [3.8, 4) is 0 Å². The van der Waals surface area contributed by atoms with Gasteiger partial charge >= 0.3 is 5.97 Å². The zero-order chi connectivity index (χ0) is 15.4. The monoisotopic (exact) mass is 290 g/mol. The Morgan fingerprint density at radius 2 is 2.00 bits per heavy atom. The molecule has 0 atom stereocenters. The number of nitrogens with one attached hydrogen (secondary N) is 1. The second-order valence-corrected chi connectivity index (χ2v) is 4.52. The van der Waals surface area contributed by atoms with Crippen molar-refractivity contribution < 1.29 is 19.2 Å². The van der Waals surface area contributed by atoms with Crippen molar-refractivity contribution in [2.24, 2.45) is 0 Å². The summed E-state index contributed by atoms with van der Waals surface area (Å²) in [6.07, 6.45) is 0. The number of benzene rings is 1. The highest BCUT2D eigenvalue weighted by atomic mass is 16.6. The molecular weight excluding hydrogens is 276 g/mol. The summed E-state index contributed by atoms with van der Waals surface area (Å²) in [5.74, 6) is -0.622. The summed E-state index contributed by atoms with van der Waals surface area (Å²) in [4.78, 5) is 20.9. The van der Waals surface area contributed by atoms with Crippen molar-refractivity contribution in [3.63, 3.8) is 0 Å². The van der Waals surface area contributed by atoms with Crippen molar-refractivity contribution >= 4 is 11.7 Å². The highest BCUT2D eigenvalue weighted by Crippen LogP contribution is 2.15. The number of nitrogens with zero attached hydrogens (tertiary/aromatic N) is 1. The Morgan fingerprint density at radius 3 is 2.52 bits per heavy atom. The summed E-state index contributed by atoms with van der Waals surface area (Å²) in [6.45, 7) is 2.68. The van der Waals surface area contributed by atoms with Crippen molar-refractivity contribution in [3.05, 3.63) is 63.1 Å². The molecule has 7 heteroatoms. The van der Waals surface area contributed by atoms with Crippen LogP contribution in [0.5, 0.6) is 0 Å². The molecule has 0 saturated carbocycles. The van der Waals surface area contributed by atoms with Crippen molar-refractivity contribution in [2.75, 3.05) is 0 Å². The van der Waals surface area contributed by atoms with Gasteiger partial charge in [-0.3, -0.25) is 10.1 Å². The van der Waals surface area contributed by atoms with Crippen LogP contribution in [0.25, 0.3) is 0 Å². The van der Waals surface area contributed by atoms with Gasteiger partial charge in [-0.15, -0.1) is 0 Å². The van der Waals surface area contributed by atoms with Crippen LogP contribution in [0.2, 0.25) is 0 Å². The van der Waals surface area contributed by atoms with Crippen LogP contribution in [-0.4, -0.2) is 16.0 Å². The number of rotatable bonds is 6. The highest BCUT2D eigenvalue weighted by Gasteiger charge is 2.12. The zero-order valence-electron chi connectivity index (χ0n) is 11.3. The van der Waals surface area contributed by atoms with Gasteiger partial charge < -0.3 is 14.8 Å². The summed E-state index contributed by atoms with van der Waals surface area (Å²) in [5, 5.41) is 22.5. The van der Waals surface area contributed by atoms with Crippen molar-refractivity contribution in [1.82, 2.24) is 5.32 Å². The predicted molar refractivity (Wildman–Crippen MR) is 74.0 cm³/mol. The molecule has 2 rings (SSSR count). The van der Waals surface area contributed by atoms with Gasteiger partial charge in [0.1, 0.15) is 5.76 Å².